The van der Waals surface area contributed by atoms with Crippen LogP contribution in [0.15, 0.2) is 42.5 Å². The second kappa shape index (κ2) is 6.75. The summed E-state index contributed by atoms with van der Waals surface area (Å²) in [4.78, 5) is 25.8. The summed E-state index contributed by atoms with van der Waals surface area (Å²) in [6.07, 6.45) is 0.138. The number of nitrogens with one attached hydrogen (secondary N) is 1. The predicted octanol–water partition coefficient (Wildman–Crippen LogP) is 4.41. The lowest BCUT2D eigenvalue weighted by Gasteiger charge is -2.23. The molecule has 1 amide bonds. The molecule has 1 aliphatic heterocycles. The topological polar surface area (TPSA) is 64.0 Å². The maximum Gasteiger partial charge on any atom is 0.226 e. The summed E-state index contributed by atoms with van der Waals surface area (Å²) >= 11 is 0. The highest BCUT2D eigenvalue weighted by Gasteiger charge is 2.36. The number of amides is 1. The maximum absolute atomic E-state index is 13.3. The third kappa shape index (κ3) is 3.03. The molecular formula is C23H23N3O2. The summed E-state index contributed by atoms with van der Waals surface area (Å²) in [6.45, 7) is 7.91. The number of rotatable bonds is 3. The van der Waals surface area contributed by atoms with Crippen LogP contribution in [0.1, 0.15) is 50.6 Å². The van der Waals surface area contributed by atoms with Crippen LogP contribution in [-0.2, 0) is 4.79 Å². The lowest BCUT2D eigenvalue weighted by atomic mass is 9.85. The molecule has 1 atom stereocenters. The summed E-state index contributed by atoms with van der Waals surface area (Å²) < 4.78 is 1.73. The molecule has 4 rings (SSSR count). The molecule has 142 valence electrons. The van der Waals surface area contributed by atoms with Crippen LogP contribution in [0.4, 0.5) is 5.82 Å². The van der Waals surface area contributed by atoms with Gasteiger partial charge in [-0.25, -0.2) is 4.68 Å². The first-order chi connectivity index (χ1) is 13.3. The Morgan fingerprint density at radius 3 is 2.57 bits per heavy atom. The van der Waals surface area contributed by atoms with Crippen molar-refractivity contribution >= 4 is 17.5 Å². The van der Waals surface area contributed by atoms with E-state index in [1.54, 1.807) is 4.68 Å². The molecule has 5 heteroatoms. The van der Waals surface area contributed by atoms with Gasteiger partial charge in [-0.2, -0.15) is 5.10 Å². The zero-order chi connectivity index (χ0) is 20.0. The first-order valence-corrected chi connectivity index (χ1v) is 9.43. The Hall–Kier alpha value is -3.21. The van der Waals surface area contributed by atoms with Crippen molar-refractivity contribution in [2.75, 3.05) is 5.32 Å². The SMILES string of the molecule is Cc1cccc(-n2nc(C)c3c2NC(=O)C[C@H]3C(=O)c2ccc(C)c(C)c2)c1. The Morgan fingerprint density at radius 2 is 1.86 bits per heavy atom. The largest absolute Gasteiger partial charge is 0.310 e. The van der Waals surface area contributed by atoms with Crippen molar-refractivity contribution in [3.8, 4) is 5.69 Å². The van der Waals surface area contributed by atoms with Crippen LogP contribution in [0.25, 0.3) is 5.69 Å². The monoisotopic (exact) mass is 373 g/mol. The Balaban J connectivity index is 1.82. The average molecular weight is 373 g/mol. The smallest absolute Gasteiger partial charge is 0.226 e. The van der Waals surface area contributed by atoms with Crippen LogP contribution < -0.4 is 5.32 Å². The number of hydrogen-bond donors (Lipinski definition) is 1. The number of carbonyl (C=O) groups excluding carboxylic acids is 2. The minimum Gasteiger partial charge on any atom is -0.310 e. The number of aryl methyl sites for hydroxylation is 4. The molecule has 0 fully saturated rings. The summed E-state index contributed by atoms with van der Waals surface area (Å²) in [5, 5.41) is 7.58. The fourth-order valence-corrected chi connectivity index (χ4v) is 3.81. The van der Waals surface area contributed by atoms with Crippen LogP contribution >= 0.6 is 0 Å². The molecule has 1 N–H and O–H groups in total. The number of fused-ring (bicyclic) bond motifs is 1. The van der Waals surface area contributed by atoms with Crippen LogP contribution in [0.3, 0.4) is 0 Å². The van der Waals surface area contributed by atoms with Gasteiger partial charge >= 0.3 is 0 Å². The molecule has 2 aromatic carbocycles. The molecule has 3 aromatic rings. The van der Waals surface area contributed by atoms with Gasteiger partial charge in [-0.1, -0.05) is 24.3 Å². The van der Waals surface area contributed by atoms with Crippen molar-refractivity contribution in [1.29, 1.82) is 0 Å². The second-order valence-corrected chi connectivity index (χ2v) is 7.57. The van der Waals surface area contributed by atoms with E-state index in [0.717, 1.165) is 33.6 Å². The van der Waals surface area contributed by atoms with Gasteiger partial charge in [0.15, 0.2) is 5.78 Å². The Kier molecular flexibility index (Phi) is 4.38. The molecule has 0 aliphatic carbocycles. The quantitative estimate of drug-likeness (QED) is 0.692. The molecule has 5 nitrogen and oxygen atoms in total. The van der Waals surface area contributed by atoms with E-state index >= 15 is 0 Å². The molecule has 0 saturated carbocycles. The molecule has 1 aliphatic rings. The number of ketones is 1. The zero-order valence-electron chi connectivity index (χ0n) is 16.5. The number of nitrogens with zero attached hydrogens (tertiary/aromatic N) is 2. The van der Waals surface area contributed by atoms with E-state index in [9.17, 15) is 9.59 Å². The van der Waals surface area contributed by atoms with Crippen molar-refractivity contribution < 1.29 is 9.59 Å². The van der Waals surface area contributed by atoms with Crippen LogP contribution in [0.2, 0.25) is 0 Å². The van der Waals surface area contributed by atoms with E-state index in [4.69, 9.17) is 0 Å². The zero-order valence-corrected chi connectivity index (χ0v) is 16.5. The van der Waals surface area contributed by atoms with E-state index in [2.05, 4.69) is 10.4 Å². The van der Waals surface area contributed by atoms with Gasteiger partial charge in [-0.15, -0.1) is 0 Å². The molecule has 2 heterocycles. The van der Waals surface area contributed by atoms with E-state index in [1.807, 2.05) is 70.2 Å². The highest BCUT2D eigenvalue weighted by Crippen LogP contribution is 2.38. The van der Waals surface area contributed by atoms with Gasteiger partial charge in [-0.3, -0.25) is 9.59 Å². The number of carbonyl (C=O) groups is 2. The van der Waals surface area contributed by atoms with Crippen molar-refractivity contribution in [3.63, 3.8) is 0 Å². The molecule has 0 spiro atoms. The number of hydrogen-bond acceptors (Lipinski definition) is 3. The Morgan fingerprint density at radius 1 is 1.07 bits per heavy atom. The van der Waals surface area contributed by atoms with Crippen molar-refractivity contribution in [3.05, 3.63) is 76.0 Å². The number of aromatic nitrogens is 2. The number of anilines is 1. The third-order valence-corrected chi connectivity index (χ3v) is 5.46. The van der Waals surface area contributed by atoms with E-state index in [-0.39, 0.29) is 18.1 Å². The Labute approximate surface area is 164 Å². The van der Waals surface area contributed by atoms with Crippen molar-refractivity contribution in [1.82, 2.24) is 9.78 Å². The van der Waals surface area contributed by atoms with Gasteiger partial charge in [0.25, 0.3) is 0 Å². The average Bonchev–Trinajstić information content (AvgIpc) is 2.99. The number of benzene rings is 2. The minimum atomic E-state index is -0.524. The lowest BCUT2D eigenvalue weighted by Crippen LogP contribution is -2.28. The fourth-order valence-electron chi connectivity index (χ4n) is 3.81. The van der Waals surface area contributed by atoms with E-state index < -0.39 is 5.92 Å². The third-order valence-electron chi connectivity index (χ3n) is 5.46. The second-order valence-electron chi connectivity index (χ2n) is 7.57. The molecule has 0 radical (unpaired) electrons. The van der Waals surface area contributed by atoms with Crippen LogP contribution in [-0.4, -0.2) is 21.5 Å². The first kappa shape index (κ1) is 18.2. The van der Waals surface area contributed by atoms with Crippen molar-refractivity contribution in [2.45, 2.75) is 40.0 Å². The molecular weight excluding hydrogens is 350 g/mol. The van der Waals surface area contributed by atoms with Gasteiger partial charge < -0.3 is 5.32 Å². The first-order valence-electron chi connectivity index (χ1n) is 9.43. The van der Waals surface area contributed by atoms with Crippen molar-refractivity contribution in [2.24, 2.45) is 0 Å². The summed E-state index contributed by atoms with van der Waals surface area (Å²) in [5.41, 5.74) is 6.38. The van der Waals surface area contributed by atoms with Crippen LogP contribution in [0, 0.1) is 27.7 Å². The van der Waals surface area contributed by atoms with Gasteiger partial charge in [0.05, 0.1) is 17.3 Å². The lowest BCUT2D eigenvalue weighted by molar-refractivity contribution is -0.116. The molecule has 1 aromatic heterocycles. The van der Waals surface area contributed by atoms with E-state index in [1.165, 1.54) is 0 Å². The van der Waals surface area contributed by atoms with E-state index in [0.29, 0.717) is 11.4 Å². The predicted molar refractivity (Wildman–Crippen MR) is 109 cm³/mol. The molecule has 0 saturated heterocycles. The van der Waals surface area contributed by atoms with Gasteiger partial charge in [0.1, 0.15) is 5.82 Å². The van der Waals surface area contributed by atoms with Gasteiger partial charge in [-0.05, 0) is 62.6 Å². The maximum atomic E-state index is 13.3. The molecule has 28 heavy (non-hydrogen) atoms. The highest BCUT2D eigenvalue weighted by atomic mass is 16.2. The highest BCUT2D eigenvalue weighted by molar-refractivity contribution is 6.08. The summed E-state index contributed by atoms with van der Waals surface area (Å²) in [6, 6.07) is 13.6. The minimum absolute atomic E-state index is 0.0360. The molecule has 0 bridgehead atoms. The standard InChI is InChI=1S/C23H23N3O2/c1-13-6-5-7-18(10-13)26-23-21(16(4)25-26)19(12-20(27)24-23)22(28)17-9-8-14(2)15(3)11-17/h5-11,19H,12H2,1-4H3,(H,24,27)/t19-/m1/s1. The normalized spacial score (nSPS) is 15.9. The van der Waals surface area contributed by atoms with Crippen LogP contribution in [0.5, 0.6) is 0 Å². The van der Waals surface area contributed by atoms with Gasteiger partial charge in [0.2, 0.25) is 5.91 Å². The fraction of sp³-hybridized carbons (Fsp3) is 0.261. The summed E-state index contributed by atoms with van der Waals surface area (Å²) in [5.74, 6) is -0.125. The number of Topliss-reactive ketones (excluding diaryl/α,β-unsaturated/α-hetero) is 1. The van der Waals surface area contributed by atoms with Gasteiger partial charge in [0, 0.05) is 17.5 Å². The summed E-state index contributed by atoms with van der Waals surface area (Å²) in [7, 11) is 0. The molecule has 0 unspecified atom stereocenters. The Bertz CT molecular complexity index is 1110.